The Kier molecular flexibility index (Phi) is 5.48. The van der Waals surface area contributed by atoms with Gasteiger partial charge in [0.15, 0.2) is 11.2 Å². The van der Waals surface area contributed by atoms with Crippen molar-refractivity contribution in [1.82, 2.24) is 0 Å². The number of nitriles is 2. The first-order chi connectivity index (χ1) is 16.0. The van der Waals surface area contributed by atoms with Crippen molar-refractivity contribution in [3.63, 3.8) is 0 Å². The zero-order chi connectivity index (χ0) is 23.2. The smallest absolute Gasteiger partial charge is 0.185 e. The van der Waals surface area contributed by atoms with Gasteiger partial charge in [0, 0.05) is 25.8 Å². The Hall–Kier alpha value is -3.13. The minimum atomic E-state index is -1.45. The predicted molar refractivity (Wildman–Crippen MR) is 137 cm³/mol. The predicted octanol–water partition coefficient (Wildman–Crippen LogP) is 6.23. The number of halogens is 2. The third-order valence-electron chi connectivity index (χ3n) is 6.52. The number of hydrogen-bond acceptors (Lipinski definition) is 4. The average Bonchev–Trinajstić information content (AvgIpc) is 3.15. The summed E-state index contributed by atoms with van der Waals surface area (Å²) in [4.78, 5) is 16.0. The maximum atomic E-state index is 14.0. The van der Waals surface area contributed by atoms with Gasteiger partial charge >= 0.3 is 0 Å². The summed E-state index contributed by atoms with van der Waals surface area (Å²) in [5.74, 6) is -0.763. The molecule has 3 aromatic rings. The second-order valence-electron chi connectivity index (χ2n) is 8.21. The Morgan fingerprint density at radius 2 is 1.70 bits per heavy atom. The summed E-state index contributed by atoms with van der Waals surface area (Å²) in [7, 11) is 0. The van der Waals surface area contributed by atoms with Crippen molar-refractivity contribution in [2.24, 2.45) is 5.41 Å². The summed E-state index contributed by atoms with van der Waals surface area (Å²) in [6.07, 6.45) is 3.76. The third-order valence-corrected chi connectivity index (χ3v) is 7.48. The van der Waals surface area contributed by atoms with Crippen molar-refractivity contribution in [2.45, 2.75) is 18.0 Å². The molecule has 0 radical (unpaired) electrons. The maximum absolute atomic E-state index is 14.0. The first kappa shape index (κ1) is 21.7. The van der Waals surface area contributed by atoms with Crippen LogP contribution in [0.15, 0.2) is 78.9 Å². The molecule has 33 heavy (non-hydrogen) atoms. The van der Waals surface area contributed by atoms with Crippen LogP contribution in [0.2, 0.25) is 5.02 Å². The SMILES string of the molecule is N#CC1(C#N)[C@H](c2ccc(I)cc2)[C@H](C(=O)c2ccccc2)N2c3ccc(Cl)cc3C=C[C@H]21. The summed E-state index contributed by atoms with van der Waals surface area (Å²) >= 11 is 8.46. The van der Waals surface area contributed by atoms with Crippen LogP contribution in [-0.2, 0) is 0 Å². The zero-order valence-corrected chi connectivity index (χ0v) is 20.2. The summed E-state index contributed by atoms with van der Waals surface area (Å²) in [6.45, 7) is 0. The fourth-order valence-electron chi connectivity index (χ4n) is 5.08. The van der Waals surface area contributed by atoms with Crippen LogP contribution in [0.5, 0.6) is 0 Å². The van der Waals surface area contributed by atoms with Gasteiger partial charge in [-0.15, -0.1) is 0 Å². The Morgan fingerprint density at radius 3 is 2.36 bits per heavy atom. The van der Waals surface area contributed by atoms with E-state index in [-0.39, 0.29) is 5.78 Å². The van der Waals surface area contributed by atoms with Crippen molar-refractivity contribution < 1.29 is 4.79 Å². The number of ketones is 1. The number of Topliss-reactive ketones (excluding diaryl/α,β-unsaturated/α-hetero) is 1. The molecule has 1 fully saturated rings. The highest BCUT2D eigenvalue weighted by atomic mass is 127. The van der Waals surface area contributed by atoms with Crippen LogP contribution in [0.25, 0.3) is 6.08 Å². The number of fused-ring (bicyclic) bond motifs is 3. The number of hydrogen-bond donors (Lipinski definition) is 0. The molecule has 5 rings (SSSR count). The molecule has 2 aliphatic heterocycles. The van der Waals surface area contributed by atoms with E-state index in [0.29, 0.717) is 10.6 Å². The van der Waals surface area contributed by atoms with Gasteiger partial charge in [0.05, 0.1) is 18.2 Å². The van der Waals surface area contributed by atoms with E-state index in [2.05, 4.69) is 34.7 Å². The van der Waals surface area contributed by atoms with Gasteiger partial charge in [-0.25, -0.2) is 0 Å². The molecule has 2 heterocycles. The molecule has 0 N–H and O–H groups in total. The summed E-state index contributed by atoms with van der Waals surface area (Å²) in [5.41, 5.74) is 1.55. The van der Waals surface area contributed by atoms with Crippen LogP contribution in [-0.4, -0.2) is 17.9 Å². The van der Waals surface area contributed by atoms with Crippen molar-refractivity contribution in [3.8, 4) is 12.1 Å². The first-order valence-electron chi connectivity index (χ1n) is 10.4. The van der Waals surface area contributed by atoms with E-state index in [0.717, 1.165) is 20.4 Å². The summed E-state index contributed by atoms with van der Waals surface area (Å²) in [6, 6.07) is 25.6. The number of anilines is 1. The molecule has 3 atom stereocenters. The van der Waals surface area contributed by atoms with E-state index in [1.807, 2.05) is 71.6 Å². The fourth-order valence-corrected chi connectivity index (χ4v) is 5.62. The molecule has 3 aromatic carbocycles. The van der Waals surface area contributed by atoms with E-state index in [4.69, 9.17) is 11.6 Å². The van der Waals surface area contributed by atoms with Gasteiger partial charge in [-0.05, 0) is 64.0 Å². The summed E-state index contributed by atoms with van der Waals surface area (Å²) < 4.78 is 1.04. The molecule has 0 unspecified atom stereocenters. The minimum Gasteiger partial charge on any atom is -0.351 e. The largest absolute Gasteiger partial charge is 0.351 e. The quantitative estimate of drug-likeness (QED) is 0.281. The average molecular weight is 562 g/mol. The minimum absolute atomic E-state index is 0.118. The lowest BCUT2D eigenvalue weighted by atomic mass is 9.69. The Bertz CT molecular complexity index is 1340. The van der Waals surface area contributed by atoms with E-state index in [9.17, 15) is 15.3 Å². The standard InChI is InChI=1S/C27H17ClIN3O/c28-20-9-12-22-19(14-20)8-13-23-27(15-30,16-31)24(17-6-10-21(29)11-7-17)25(32(22)23)26(33)18-4-2-1-3-5-18/h1-14,23-25H/t23-,24+,25+/m0/s1. The highest BCUT2D eigenvalue weighted by molar-refractivity contribution is 14.1. The fraction of sp³-hybridized carbons (Fsp3) is 0.148. The molecule has 2 aliphatic rings. The van der Waals surface area contributed by atoms with E-state index < -0.39 is 23.4 Å². The van der Waals surface area contributed by atoms with E-state index in [1.165, 1.54) is 0 Å². The second-order valence-corrected chi connectivity index (χ2v) is 9.89. The van der Waals surface area contributed by atoms with Crippen LogP contribution >= 0.6 is 34.2 Å². The number of carbonyl (C=O) groups excluding carboxylic acids is 1. The molecule has 0 saturated carbocycles. The molecule has 0 aromatic heterocycles. The molecular formula is C27H17ClIN3O. The van der Waals surface area contributed by atoms with Gasteiger partial charge in [-0.1, -0.05) is 66.2 Å². The summed E-state index contributed by atoms with van der Waals surface area (Å²) in [5, 5.41) is 21.5. The highest BCUT2D eigenvalue weighted by Crippen LogP contribution is 2.55. The second kappa shape index (κ2) is 8.33. The van der Waals surface area contributed by atoms with Crippen LogP contribution in [0, 0.1) is 31.6 Å². The van der Waals surface area contributed by atoms with Gasteiger partial charge in [-0.3, -0.25) is 4.79 Å². The third kappa shape index (κ3) is 3.35. The maximum Gasteiger partial charge on any atom is 0.185 e. The topological polar surface area (TPSA) is 67.9 Å². The van der Waals surface area contributed by atoms with E-state index >= 15 is 0 Å². The zero-order valence-electron chi connectivity index (χ0n) is 17.3. The van der Waals surface area contributed by atoms with Crippen molar-refractivity contribution in [3.05, 3.63) is 104 Å². The molecule has 0 aliphatic carbocycles. The van der Waals surface area contributed by atoms with Crippen molar-refractivity contribution >= 4 is 51.7 Å². The van der Waals surface area contributed by atoms with Gasteiger partial charge in [0.1, 0.15) is 6.04 Å². The number of nitrogens with zero attached hydrogens (tertiary/aromatic N) is 3. The number of carbonyl (C=O) groups is 1. The molecule has 0 bridgehead atoms. The number of benzene rings is 3. The molecular weight excluding hydrogens is 545 g/mol. The van der Waals surface area contributed by atoms with Gasteiger partial charge in [0.25, 0.3) is 0 Å². The van der Waals surface area contributed by atoms with Gasteiger partial charge in [0.2, 0.25) is 0 Å². The Morgan fingerprint density at radius 1 is 1.00 bits per heavy atom. The molecule has 4 nitrogen and oxygen atoms in total. The van der Waals surface area contributed by atoms with Crippen LogP contribution in [0.1, 0.15) is 27.4 Å². The van der Waals surface area contributed by atoms with Crippen LogP contribution in [0.4, 0.5) is 5.69 Å². The molecule has 6 heteroatoms. The van der Waals surface area contributed by atoms with Crippen LogP contribution in [0.3, 0.4) is 0 Å². The lowest BCUT2D eigenvalue weighted by Crippen LogP contribution is -2.44. The monoisotopic (exact) mass is 561 g/mol. The van der Waals surface area contributed by atoms with E-state index in [1.54, 1.807) is 18.2 Å². The molecule has 160 valence electrons. The molecule has 0 spiro atoms. The van der Waals surface area contributed by atoms with Crippen molar-refractivity contribution in [1.29, 1.82) is 10.5 Å². The van der Waals surface area contributed by atoms with Gasteiger partial charge in [-0.2, -0.15) is 10.5 Å². The highest BCUT2D eigenvalue weighted by Gasteiger charge is 2.63. The van der Waals surface area contributed by atoms with Crippen LogP contribution < -0.4 is 4.90 Å². The number of rotatable bonds is 3. The lowest BCUT2D eigenvalue weighted by molar-refractivity contribution is 0.0951. The lowest BCUT2D eigenvalue weighted by Gasteiger charge is -2.35. The van der Waals surface area contributed by atoms with Crippen molar-refractivity contribution in [2.75, 3.05) is 4.90 Å². The normalized spacial score (nSPS) is 22.1. The first-order valence-corrected chi connectivity index (χ1v) is 11.9. The Labute approximate surface area is 210 Å². The Balaban J connectivity index is 1.79. The molecule has 1 saturated heterocycles. The van der Waals surface area contributed by atoms with Gasteiger partial charge < -0.3 is 4.90 Å². The molecule has 0 amide bonds.